The second kappa shape index (κ2) is 6.39. The average Bonchev–Trinajstić information content (AvgIpc) is 2.58. The van der Waals surface area contributed by atoms with Crippen molar-refractivity contribution in [3.8, 4) is 5.75 Å². The second-order valence-corrected chi connectivity index (χ2v) is 7.66. The van der Waals surface area contributed by atoms with Gasteiger partial charge in [0, 0.05) is 16.7 Å². The Hall–Kier alpha value is -1.86. The fraction of sp³-hybridized carbons (Fsp3) is 0.316. The van der Waals surface area contributed by atoms with Crippen LogP contribution in [0.4, 0.5) is 13.2 Å². The number of aliphatic hydroxyl groups is 1. The molecule has 26 heavy (non-hydrogen) atoms. The van der Waals surface area contributed by atoms with Crippen molar-refractivity contribution in [2.24, 2.45) is 0 Å². The van der Waals surface area contributed by atoms with Gasteiger partial charge >= 0.3 is 6.18 Å². The van der Waals surface area contributed by atoms with E-state index in [9.17, 15) is 23.1 Å². The highest BCUT2D eigenvalue weighted by Gasteiger charge is 2.42. The summed E-state index contributed by atoms with van der Waals surface area (Å²) >= 11 is 3.38. The molecule has 3 nitrogen and oxygen atoms in total. The Labute approximate surface area is 156 Å². The number of carbonyl (C=O) groups is 1. The van der Waals surface area contributed by atoms with E-state index in [0.717, 1.165) is 12.1 Å². The maximum absolute atomic E-state index is 13.2. The van der Waals surface area contributed by atoms with Crippen molar-refractivity contribution in [3.05, 3.63) is 64.7 Å². The Bertz CT molecular complexity index is 861. The zero-order valence-corrected chi connectivity index (χ0v) is 15.6. The lowest BCUT2D eigenvalue weighted by atomic mass is 9.89. The number of hydrogen-bond donors (Lipinski definition) is 1. The van der Waals surface area contributed by atoms with E-state index in [1.807, 2.05) is 0 Å². The van der Waals surface area contributed by atoms with E-state index < -0.39 is 39.6 Å². The standard InChI is InChI=1S/C19H16BrF3O3/c1-18(2)17(20)16(25)12-9-10(7-8-14(12)26-18)15(24)11-5-3-4-6-13(11)19(21,22)23/h3-9,16-17,25H,1-2H3. The first-order valence-corrected chi connectivity index (χ1v) is 8.80. The Morgan fingerprint density at radius 1 is 1.19 bits per heavy atom. The van der Waals surface area contributed by atoms with Crippen LogP contribution in [0.2, 0.25) is 0 Å². The molecule has 0 aromatic heterocycles. The summed E-state index contributed by atoms with van der Waals surface area (Å²) in [6, 6.07) is 8.94. The lowest BCUT2D eigenvalue weighted by molar-refractivity contribution is -0.137. The number of alkyl halides is 4. The number of hydrogen-bond acceptors (Lipinski definition) is 3. The Morgan fingerprint density at radius 3 is 2.50 bits per heavy atom. The highest BCUT2D eigenvalue weighted by atomic mass is 79.9. The van der Waals surface area contributed by atoms with Gasteiger partial charge in [-0.3, -0.25) is 4.79 Å². The Kier molecular flexibility index (Phi) is 4.65. The number of aliphatic hydroxyl groups excluding tert-OH is 1. The van der Waals surface area contributed by atoms with Crippen molar-refractivity contribution in [2.75, 3.05) is 0 Å². The maximum Gasteiger partial charge on any atom is 0.417 e. The van der Waals surface area contributed by atoms with Crippen molar-refractivity contribution in [2.45, 2.75) is 36.6 Å². The monoisotopic (exact) mass is 428 g/mol. The molecule has 0 amide bonds. The molecule has 3 rings (SSSR count). The molecule has 138 valence electrons. The van der Waals surface area contributed by atoms with Gasteiger partial charge in [0.05, 0.1) is 16.5 Å². The van der Waals surface area contributed by atoms with Gasteiger partial charge in [0.25, 0.3) is 0 Å². The van der Waals surface area contributed by atoms with E-state index in [0.29, 0.717) is 11.3 Å². The molecule has 0 fully saturated rings. The van der Waals surface area contributed by atoms with Crippen LogP contribution in [0.15, 0.2) is 42.5 Å². The number of ether oxygens (including phenoxy) is 1. The van der Waals surface area contributed by atoms with Gasteiger partial charge < -0.3 is 9.84 Å². The second-order valence-electron chi connectivity index (χ2n) is 6.68. The van der Waals surface area contributed by atoms with Crippen LogP contribution >= 0.6 is 15.9 Å². The summed E-state index contributed by atoms with van der Waals surface area (Å²) in [5.74, 6) is -0.359. The smallest absolute Gasteiger partial charge is 0.417 e. The fourth-order valence-corrected chi connectivity index (χ4v) is 3.35. The van der Waals surface area contributed by atoms with Crippen LogP contribution < -0.4 is 4.74 Å². The minimum atomic E-state index is -4.63. The first-order valence-electron chi connectivity index (χ1n) is 7.88. The van der Waals surface area contributed by atoms with Crippen molar-refractivity contribution < 1.29 is 27.8 Å². The number of benzene rings is 2. The molecular weight excluding hydrogens is 413 g/mol. The summed E-state index contributed by atoms with van der Waals surface area (Å²) in [4.78, 5) is 12.2. The zero-order chi connectivity index (χ0) is 19.3. The van der Waals surface area contributed by atoms with Crippen LogP contribution in [0.3, 0.4) is 0 Å². The molecule has 1 aliphatic heterocycles. The van der Waals surface area contributed by atoms with Gasteiger partial charge in [-0.05, 0) is 38.1 Å². The maximum atomic E-state index is 13.2. The SMILES string of the molecule is CC1(C)Oc2ccc(C(=O)c3ccccc3C(F)(F)F)cc2C(O)C1Br. The minimum absolute atomic E-state index is 0.0579. The molecule has 1 aliphatic rings. The number of carbonyl (C=O) groups excluding carboxylic acids is 1. The van der Waals surface area contributed by atoms with Crippen molar-refractivity contribution in [1.82, 2.24) is 0 Å². The molecule has 0 saturated heterocycles. The molecule has 0 bridgehead atoms. The van der Waals surface area contributed by atoms with Gasteiger partial charge in [-0.1, -0.05) is 34.1 Å². The third kappa shape index (κ3) is 3.25. The summed E-state index contributed by atoms with van der Waals surface area (Å²) in [6.45, 7) is 3.61. The lowest BCUT2D eigenvalue weighted by Crippen LogP contribution is -2.45. The van der Waals surface area contributed by atoms with Crippen molar-refractivity contribution >= 4 is 21.7 Å². The molecule has 0 spiro atoms. The van der Waals surface area contributed by atoms with Gasteiger partial charge in [-0.25, -0.2) is 0 Å². The predicted molar refractivity (Wildman–Crippen MR) is 93.7 cm³/mol. The molecule has 0 aliphatic carbocycles. The molecular formula is C19H16BrF3O3. The van der Waals surface area contributed by atoms with E-state index in [4.69, 9.17) is 4.74 Å². The normalized spacial score (nSPS) is 21.7. The largest absolute Gasteiger partial charge is 0.486 e. The number of rotatable bonds is 2. The van der Waals surface area contributed by atoms with Crippen LogP contribution in [0.25, 0.3) is 0 Å². The third-order valence-electron chi connectivity index (χ3n) is 4.38. The molecule has 0 radical (unpaired) electrons. The first-order chi connectivity index (χ1) is 12.0. The minimum Gasteiger partial charge on any atom is -0.486 e. The molecule has 2 aromatic carbocycles. The predicted octanol–water partition coefficient (Wildman–Crippen LogP) is 4.90. The molecule has 1 heterocycles. The fourth-order valence-electron chi connectivity index (χ4n) is 2.98. The quantitative estimate of drug-likeness (QED) is 0.546. The number of ketones is 1. The molecule has 7 heteroatoms. The van der Waals surface area contributed by atoms with E-state index in [1.54, 1.807) is 13.8 Å². The van der Waals surface area contributed by atoms with Gasteiger partial charge in [0.15, 0.2) is 5.78 Å². The number of halogens is 4. The van der Waals surface area contributed by atoms with Gasteiger partial charge in [-0.15, -0.1) is 0 Å². The van der Waals surface area contributed by atoms with E-state index in [2.05, 4.69) is 15.9 Å². The van der Waals surface area contributed by atoms with Gasteiger partial charge in [-0.2, -0.15) is 13.2 Å². The Morgan fingerprint density at radius 2 is 1.85 bits per heavy atom. The highest BCUT2D eigenvalue weighted by molar-refractivity contribution is 9.09. The molecule has 2 aromatic rings. The zero-order valence-electron chi connectivity index (χ0n) is 14.0. The van der Waals surface area contributed by atoms with Gasteiger partial charge in [0.1, 0.15) is 11.4 Å². The van der Waals surface area contributed by atoms with Crippen molar-refractivity contribution in [1.29, 1.82) is 0 Å². The third-order valence-corrected chi connectivity index (χ3v) is 5.99. The van der Waals surface area contributed by atoms with Crippen LogP contribution in [0.1, 0.15) is 47.0 Å². The highest BCUT2D eigenvalue weighted by Crippen LogP contribution is 2.44. The van der Waals surface area contributed by atoms with E-state index in [-0.39, 0.29) is 5.56 Å². The Balaban J connectivity index is 2.05. The summed E-state index contributed by atoms with van der Waals surface area (Å²) in [6.07, 6.45) is -5.59. The van der Waals surface area contributed by atoms with Gasteiger partial charge in [0.2, 0.25) is 0 Å². The summed E-state index contributed by atoms with van der Waals surface area (Å²) in [7, 11) is 0. The molecule has 1 N–H and O–H groups in total. The number of fused-ring (bicyclic) bond motifs is 1. The van der Waals surface area contributed by atoms with E-state index >= 15 is 0 Å². The summed E-state index contributed by atoms with van der Waals surface area (Å²) in [5.41, 5.74) is -1.68. The molecule has 0 saturated carbocycles. The van der Waals surface area contributed by atoms with Crippen LogP contribution in [0, 0.1) is 0 Å². The van der Waals surface area contributed by atoms with E-state index in [1.165, 1.54) is 30.3 Å². The average molecular weight is 429 g/mol. The molecule has 2 atom stereocenters. The summed E-state index contributed by atoms with van der Waals surface area (Å²) < 4.78 is 45.4. The molecule has 2 unspecified atom stereocenters. The topological polar surface area (TPSA) is 46.5 Å². The van der Waals surface area contributed by atoms with Crippen LogP contribution in [-0.4, -0.2) is 21.3 Å². The summed E-state index contributed by atoms with van der Waals surface area (Å²) in [5, 5.41) is 10.5. The van der Waals surface area contributed by atoms with Crippen LogP contribution in [0.5, 0.6) is 5.75 Å². The van der Waals surface area contributed by atoms with Crippen molar-refractivity contribution in [3.63, 3.8) is 0 Å². The lowest BCUT2D eigenvalue weighted by Gasteiger charge is -2.40. The first kappa shape index (κ1) is 18.9. The van der Waals surface area contributed by atoms with Crippen LogP contribution in [-0.2, 0) is 6.18 Å².